The lowest BCUT2D eigenvalue weighted by Gasteiger charge is -2.17. The molecule has 0 radical (unpaired) electrons. The summed E-state index contributed by atoms with van der Waals surface area (Å²) in [5.41, 5.74) is 6.64. The van der Waals surface area contributed by atoms with Crippen molar-refractivity contribution in [1.29, 1.82) is 0 Å². The third-order valence-electron chi connectivity index (χ3n) is 2.34. The van der Waals surface area contributed by atoms with Gasteiger partial charge in [0.1, 0.15) is 0 Å². The van der Waals surface area contributed by atoms with E-state index in [9.17, 15) is 9.50 Å². The molecule has 0 saturated heterocycles. The predicted molar refractivity (Wildman–Crippen MR) is 56.3 cm³/mol. The molecule has 0 amide bonds. The van der Waals surface area contributed by atoms with E-state index < -0.39 is 11.9 Å². The van der Waals surface area contributed by atoms with Gasteiger partial charge in [0.15, 0.2) is 11.6 Å². The highest BCUT2D eigenvalue weighted by Gasteiger charge is 2.18. The molecular weight excluding hydrogens is 197 g/mol. The normalized spacial score (nSPS) is 12.6. The Morgan fingerprint density at radius 2 is 2.20 bits per heavy atom. The summed E-state index contributed by atoms with van der Waals surface area (Å²) in [5, 5.41) is 9.81. The Bertz CT molecular complexity index is 342. The second-order valence-corrected chi connectivity index (χ2v) is 3.40. The van der Waals surface area contributed by atoms with Gasteiger partial charge in [-0.2, -0.15) is 0 Å². The maximum absolute atomic E-state index is 13.4. The van der Waals surface area contributed by atoms with Crippen LogP contribution in [0.2, 0.25) is 0 Å². The number of halogens is 1. The van der Waals surface area contributed by atoms with Crippen LogP contribution in [0.1, 0.15) is 23.7 Å². The van der Waals surface area contributed by atoms with E-state index in [1.54, 1.807) is 13.0 Å². The van der Waals surface area contributed by atoms with Gasteiger partial charge in [-0.3, -0.25) is 0 Å². The van der Waals surface area contributed by atoms with Crippen LogP contribution in [0.3, 0.4) is 0 Å². The van der Waals surface area contributed by atoms with Crippen LogP contribution in [0.4, 0.5) is 4.39 Å². The molecule has 1 rings (SSSR count). The fraction of sp³-hybridized carbons (Fsp3) is 0.455. The van der Waals surface area contributed by atoms with Crippen LogP contribution in [0.5, 0.6) is 5.75 Å². The molecule has 0 aliphatic rings. The molecule has 1 unspecified atom stereocenters. The molecule has 0 saturated carbocycles. The van der Waals surface area contributed by atoms with E-state index in [4.69, 9.17) is 10.5 Å². The van der Waals surface area contributed by atoms with Gasteiger partial charge in [-0.1, -0.05) is 6.07 Å². The number of methoxy groups -OCH3 is 1. The monoisotopic (exact) mass is 213 g/mol. The first kappa shape index (κ1) is 11.9. The van der Waals surface area contributed by atoms with Crippen molar-refractivity contribution >= 4 is 0 Å². The Kier molecular flexibility index (Phi) is 4.05. The number of ether oxygens (including phenoxy) is 1. The third kappa shape index (κ3) is 2.46. The minimum atomic E-state index is -0.777. The molecule has 84 valence electrons. The van der Waals surface area contributed by atoms with Crippen LogP contribution < -0.4 is 10.5 Å². The molecule has 0 aromatic heterocycles. The zero-order valence-corrected chi connectivity index (χ0v) is 8.96. The summed E-state index contributed by atoms with van der Waals surface area (Å²) < 4.78 is 18.3. The van der Waals surface area contributed by atoms with Gasteiger partial charge >= 0.3 is 0 Å². The smallest absolute Gasteiger partial charge is 0.165 e. The first-order chi connectivity index (χ1) is 7.11. The highest BCUT2D eigenvalue weighted by Crippen LogP contribution is 2.32. The van der Waals surface area contributed by atoms with Crippen LogP contribution >= 0.6 is 0 Å². The van der Waals surface area contributed by atoms with Gasteiger partial charge in [-0.15, -0.1) is 0 Å². The fourth-order valence-electron chi connectivity index (χ4n) is 1.60. The van der Waals surface area contributed by atoms with Gasteiger partial charge < -0.3 is 15.6 Å². The topological polar surface area (TPSA) is 55.5 Å². The first-order valence-corrected chi connectivity index (χ1v) is 4.83. The van der Waals surface area contributed by atoms with E-state index in [2.05, 4.69) is 0 Å². The molecule has 15 heavy (non-hydrogen) atoms. The van der Waals surface area contributed by atoms with Crippen molar-refractivity contribution in [1.82, 2.24) is 0 Å². The quantitative estimate of drug-likeness (QED) is 0.797. The molecule has 0 spiro atoms. The maximum Gasteiger partial charge on any atom is 0.165 e. The van der Waals surface area contributed by atoms with Crippen molar-refractivity contribution in [3.05, 3.63) is 29.1 Å². The number of aryl methyl sites for hydroxylation is 1. The van der Waals surface area contributed by atoms with Crippen molar-refractivity contribution in [2.45, 2.75) is 19.4 Å². The lowest BCUT2D eigenvalue weighted by molar-refractivity contribution is 0.164. The maximum atomic E-state index is 13.4. The molecule has 3 nitrogen and oxygen atoms in total. The molecule has 0 aliphatic carbocycles. The number of nitrogens with two attached hydrogens (primary N) is 1. The predicted octanol–water partition coefficient (Wildman–Crippen LogP) is 1.52. The van der Waals surface area contributed by atoms with Crippen molar-refractivity contribution in [3.8, 4) is 5.75 Å². The molecule has 0 heterocycles. The molecular formula is C11H16FNO2. The van der Waals surface area contributed by atoms with Gasteiger partial charge in [0.2, 0.25) is 0 Å². The molecule has 0 bridgehead atoms. The third-order valence-corrected chi connectivity index (χ3v) is 2.34. The van der Waals surface area contributed by atoms with Gasteiger partial charge in [0.25, 0.3) is 0 Å². The van der Waals surface area contributed by atoms with Gasteiger partial charge in [0.05, 0.1) is 13.2 Å². The van der Waals surface area contributed by atoms with E-state index >= 15 is 0 Å². The minimum absolute atomic E-state index is 0.107. The van der Waals surface area contributed by atoms with Crippen molar-refractivity contribution in [3.63, 3.8) is 0 Å². The highest BCUT2D eigenvalue weighted by atomic mass is 19.1. The van der Waals surface area contributed by atoms with Crippen molar-refractivity contribution < 1.29 is 14.2 Å². The van der Waals surface area contributed by atoms with E-state index in [0.29, 0.717) is 18.5 Å². The lowest BCUT2D eigenvalue weighted by atomic mass is 9.99. The average molecular weight is 213 g/mol. The summed E-state index contributed by atoms with van der Waals surface area (Å²) in [6.45, 7) is 2.15. The largest absolute Gasteiger partial charge is 0.493 e. The Labute approximate surface area is 88.7 Å². The van der Waals surface area contributed by atoms with Crippen LogP contribution in [-0.4, -0.2) is 18.8 Å². The van der Waals surface area contributed by atoms with Crippen LogP contribution in [-0.2, 0) is 0 Å². The molecule has 0 aliphatic heterocycles. The van der Waals surface area contributed by atoms with Crippen molar-refractivity contribution in [2.24, 2.45) is 5.73 Å². The summed E-state index contributed by atoms with van der Waals surface area (Å²) in [5.74, 6) is -0.356. The number of aliphatic hydroxyl groups excluding tert-OH is 1. The Morgan fingerprint density at radius 1 is 1.53 bits per heavy atom. The van der Waals surface area contributed by atoms with E-state index in [1.807, 2.05) is 0 Å². The minimum Gasteiger partial charge on any atom is -0.493 e. The second kappa shape index (κ2) is 5.09. The summed E-state index contributed by atoms with van der Waals surface area (Å²) >= 11 is 0. The van der Waals surface area contributed by atoms with Gasteiger partial charge in [-0.05, 0) is 31.5 Å². The highest BCUT2D eigenvalue weighted by molar-refractivity contribution is 5.42. The van der Waals surface area contributed by atoms with Crippen LogP contribution in [0, 0.1) is 12.7 Å². The molecule has 1 aromatic rings. The number of benzene rings is 1. The number of aliphatic hydroxyl groups is 1. The van der Waals surface area contributed by atoms with Gasteiger partial charge in [-0.25, -0.2) is 4.39 Å². The fourth-order valence-corrected chi connectivity index (χ4v) is 1.60. The SMILES string of the molecule is COc1c(F)ccc(C)c1C(O)CCN. The van der Waals surface area contributed by atoms with E-state index in [1.165, 1.54) is 13.2 Å². The second-order valence-electron chi connectivity index (χ2n) is 3.40. The Balaban J connectivity index is 3.18. The van der Waals surface area contributed by atoms with Crippen molar-refractivity contribution in [2.75, 3.05) is 13.7 Å². The number of hydrogen-bond donors (Lipinski definition) is 2. The summed E-state index contributed by atoms with van der Waals surface area (Å²) in [4.78, 5) is 0. The Morgan fingerprint density at radius 3 is 2.73 bits per heavy atom. The van der Waals surface area contributed by atoms with E-state index in [0.717, 1.165) is 5.56 Å². The lowest BCUT2D eigenvalue weighted by Crippen LogP contribution is -2.10. The first-order valence-electron chi connectivity index (χ1n) is 4.83. The average Bonchev–Trinajstić information content (AvgIpc) is 2.21. The molecule has 1 aromatic carbocycles. The summed E-state index contributed by atoms with van der Waals surface area (Å²) in [6.07, 6.45) is -0.388. The Hall–Kier alpha value is -1.13. The molecule has 4 heteroatoms. The molecule has 0 fully saturated rings. The summed E-state index contributed by atoms with van der Waals surface area (Å²) in [6, 6.07) is 2.94. The van der Waals surface area contributed by atoms with Gasteiger partial charge in [0, 0.05) is 5.56 Å². The number of hydrogen-bond acceptors (Lipinski definition) is 3. The summed E-state index contributed by atoms with van der Waals surface area (Å²) in [7, 11) is 1.39. The van der Waals surface area contributed by atoms with Crippen LogP contribution in [0.25, 0.3) is 0 Å². The van der Waals surface area contributed by atoms with Crippen LogP contribution in [0.15, 0.2) is 12.1 Å². The molecule has 1 atom stereocenters. The number of rotatable bonds is 4. The molecule has 3 N–H and O–H groups in total. The standard InChI is InChI=1S/C11H16FNO2/c1-7-3-4-8(12)11(15-2)10(7)9(14)5-6-13/h3-4,9,14H,5-6,13H2,1-2H3. The van der Waals surface area contributed by atoms with E-state index in [-0.39, 0.29) is 5.75 Å². The zero-order chi connectivity index (χ0) is 11.4. The zero-order valence-electron chi connectivity index (χ0n) is 8.96.